The van der Waals surface area contributed by atoms with E-state index in [-0.39, 0.29) is 29.9 Å². The lowest BCUT2D eigenvalue weighted by molar-refractivity contribution is -0.383. The van der Waals surface area contributed by atoms with Gasteiger partial charge in [0.15, 0.2) is 0 Å². The van der Waals surface area contributed by atoms with Crippen molar-refractivity contribution in [1.29, 1.82) is 5.26 Å². The number of hydrogen-bond donors (Lipinski definition) is 3. The fraction of sp³-hybridized carbons (Fsp3) is 0.214. The molecule has 1 aromatic carbocycles. The van der Waals surface area contributed by atoms with Crippen LogP contribution in [0.4, 0.5) is 11.4 Å². The number of nitro benzene ring substituents is 1. The number of nitrogens with zero attached hydrogens (tertiary/aromatic N) is 2. The van der Waals surface area contributed by atoms with E-state index in [9.17, 15) is 19.7 Å². The van der Waals surface area contributed by atoms with Crippen LogP contribution in [0.1, 0.15) is 12.8 Å². The molecular formula is C14H14N4O5. The number of aliphatic carboxylic acids is 1. The molecule has 9 nitrogen and oxygen atoms in total. The van der Waals surface area contributed by atoms with Crippen LogP contribution >= 0.6 is 0 Å². The first-order valence-corrected chi connectivity index (χ1v) is 6.56. The van der Waals surface area contributed by atoms with Crippen LogP contribution in [0.25, 0.3) is 0 Å². The maximum Gasteiger partial charge on any atom is 0.303 e. The van der Waals surface area contributed by atoms with Crippen molar-refractivity contribution >= 4 is 23.3 Å². The Morgan fingerprint density at radius 2 is 2.09 bits per heavy atom. The zero-order chi connectivity index (χ0) is 17.2. The molecule has 1 amide bonds. The number of amides is 1. The number of carbonyl (C=O) groups excluding carboxylic acids is 1. The number of nitriles is 1. The Kier molecular flexibility index (Phi) is 6.74. The van der Waals surface area contributed by atoms with Crippen molar-refractivity contribution in [2.75, 3.05) is 11.9 Å². The standard InChI is InChI=1S/C14H14N4O5/c15-8-10(9-16-7-3-6-13(19)20)14(21)17-11-4-1-2-5-12(11)18(22)23/h1-2,4-5,9,16H,3,6-7H2,(H,17,21)(H,19,20)/b10-9-. The molecule has 0 unspecified atom stereocenters. The lowest BCUT2D eigenvalue weighted by Crippen LogP contribution is -2.18. The van der Waals surface area contributed by atoms with Gasteiger partial charge in [0.2, 0.25) is 0 Å². The van der Waals surface area contributed by atoms with Gasteiger partial charge in [-0.25, -0.2) is 0 Å². The summed E-state index contributed by atoms with van der Waals surface area (Å²) < 4.78 is 0. The van der Waals surface area contributed by atoms with Crippen LogP contribution in [0.3, 0.4) is 0 Å². The van der Waals surface area contributed by atoms with Gasteiger partial charge in [0, 0.05) is 25.2 Å². The SMILES string of the molecule is N#C/C(=C/NCCCC(=O)O)C(=O)Nc1ccccc1[N+](=O)[O-]. The minimum Gasteiger partial charge on any atom is -0.481 e. The molecule has 1 rings (SSSR count). The van der Waals surface area contributed by atoms with Crippen molar-refractivity contribution in [3.05, 3.63) is 46.2 Å². The monoisotopic (exact) mass is 318 g/mol. The number of hydrogen-bond acceptors (Lipinski definition) is 6. The number of benzene rings is 1. The van der Waals surface area contributed by atoms with Crippen molar-refractivity contribution in [2.24, 2.45) is 0 Å². The van der Waals surface area contributed by atoms with Gasteiger partial charge in [0.05, 0.1) is 4.92 Å². The average molecular weight is 318 g/mol. The Morgan fingerprint density at radius 3 is 2.70 bits per heavy atom. The molecule has 9 heteroatoms. The van der Waals surface area contributed by atoms with E-state index in [0.717, 1.165) is 6.20 Å². The number of para-hydroxylation sites is 2. The lowest BCUT2D eigenvalue weighted by Gasteiger charge is -2.05. The average Bonchev–Trinajstić information content (AvgIpc) is 2.50. The highest BCUT2D eigenvalue weighted by atomic mass is 16.6. The van der Waals surface area contributed by atoms with E-state index < -0.39 is 16.8 Å². The van der Waals surface area contributed by atoms with E-state index in [2.05, 4.69) is 10.6 Å². The van der Waals surface area contributed by atoms with E-state index in [4.69, 9.17) is 10.4 Å². The first-order chi connectivity index (χ1) is 11.0. The van der Waals surface area contributed by atoms with Gasteiger partial charge in [-0.3, -0.25) is 19.7 Å². The Balaban J connectivity index is 2.69. The maximum atomic E-state index is 11.9. The Bertz CT molecular complexity index is 678. The van der Waals surface area contributed by atoms with Crippen molar-refractivity contribution < 1.29 is 19.6 Å². The molecule has 1 aromatic rings. The van der Waals surface area contributed by atoms with Gasteiger partial charge in [0.1, 0.15) is 17.3 Å². The molecular weight excluding hydrogens is 304 g/mol. The van der Waals surface area contributed by atoms with Crippen molar-refractivity contribution in [2.45, 2.75) is 12.8 Å². The number of carbonyl (C=O) groups is 2. The first-order valence-electron chi connectivity index (χ1n) is 6.56. The molecule has 0 fully saturated rings. The predicted molar refractivity (Wildman–Crippen MR) is 80.3 cm³/mol. The van der Waals surface area contributed by atoms with Gasteiger partial charge < -0.3 is 15.7 Å². The zero-order valence-electron chi connectivity index (χ0n) is 12.0. The predicted octanol–water partition coefficient (Wildman–Crippen LogP) is 1.40. The lowest BCUT2D eigenvalue weighted by atomic mass is 10.2. The van der Waals surface area contributed by atoms with Crippen molar-refractivity contribution in [1.82, 2.24) is 5.32 Å². The summed E-state index contributed by atoms with van der Waals surface area (Å²) in [5.74, 6) is -1.74. The minimum absolute atomic E-state index is 0.0190. The van der Waals surface area contributed by atoms with Crippen LogP contribution in [0.5, 0.6) is 0 Å². The molecule has 0 aliphatic rings. The van der Waals surface area contributed by atoms with Crippen LogP contribution < -0.4 is 10.6 Å². The number of anilines is 1. The zero-order valence-corrected chi connectivity index (χ0v) is 12.0. The fourth-order valence-electron chi connectivity index (χ4n) is 1.59. The third-order valence-corrected chi connectivity index (χ3v) is 2.67. The van der Waals surface area contributed by atoms with Gasteiger partial charge in [-0.05, 0) is 12.5 Å². The van der Waals surface area contributed by atoms with E-state index >= 15 is 0 Å². The van der Waals surface area contributed by atoms with Crippen LogP contribution in [-0.4, -0.2) is 28.5 Å². The van der Waals surface area contributed by atoms with Gasteiger partial charge in [-0.15, -0.1) is 0 Å². The molecule has 0 atom stereocenters. The molecule has 0 saturated carbocycles. The second kappa shape index (κ2) is 8.78. The normalized spacial score (nSPS) is 10.5. The summed E-state index contributed by atoms with van der Waals surface area (Å²) in [5, 5.41) is 33.2. The topological polar surface area (TPSA) is 145 Å². The molecule has 3 N–H and O–H groups in total. The highest BCUT2D eigenvalue weighted by Gasteiger charge is 2.16. The number of nitro groups is 1. The summed E-state index contributed by atoms with van der Waals surface area (Å²) >= 11 is 0. The summed E-state index contributed by atoms with van der Waals surface area (Å²) in [5.41, 5.74) is -0.583. The number of nitrogens with one attached hydrogen (secondary N) is 2. The molecule has 0 aromatic heterocycles. The van der Waals surface area contributed by atoms with E-state index in [1.54, 1.807) is 6.07 Å². The Labute approximate surface area is 131 Å². The molecule has 0 spiro atoms. The second-order valence-corrected chi connectivity index (χ2v) is 4.35. The maximum absolute atomic E-state index is 11.9. The summed E-state index contributed by atoms with van der Waals surface area (Å²) in [6.07, 6.45) is 1.44. The fourth-order valence-corrected chi connectivity index (χ4v) is 1.59. The van der Waals surface area contributed by atoms with Crippen LogP contribution in [0.15, 0.2) is 36.0 Å². The number of rotatable bonds is 8. The molecule has 0 aliphatic heterocycles. The van der Waals surface area contributed by atoms with E-state index in [1.165, 1.54) is 24.3 Å². The van der Waals surface area contributed by atoms with Crippen LogP contribution in [-0.2, 0) is 9.59 Å². The molecule has 0 bridgehead atoms. The molecule has 0 heterocycles. The summed E-state index contributed by atoms with van der Waals surface area (Å²) in [6, 6.07) is 7.23. The highest BCUT2D eigenvalue weighted by molar-refractivity contribution is 6.07. The molecule has 23 heavy (non-hydrogen) atoms. The van der Waals surface area contributed by atoms with Gasteiger partial charge in [-0.1, -0.05) is 12.1 Å². The summed E-state index contributed by atoms with van der Waals surface area (Å²) in [7, 11) is 0. The van der Waals surface area contributed by atoms with Crippen molar-refractivity contribution in [3.63, 3.8) is 0 Å². The summed E-state index contributed by atoms with van der Waals surface area (Å²) in [6.45, 7) is 0.274. The quantitative estimate of drug-likeness (QED) is 0.216. The molecule has 120 valence electrons. The largest absolute Gasteiger partial charge is 0.481 e. The van der Waals surface area contributed by atoms with Gasteiger partial charge >= 0.3 is 5.97 Å². The van der Waals surface area contributed by atoms with Crippen LogP contribution in [0.2, 0.25) is 0 Å². The van der Waals surface area contributed by atoms with Crippen molar-refractivity contribution in [3.8, 4) is 6.07 Å². The Hall–Kier alpha value is -3.41. The number of carboxylic acids is 1. The van der Waals surface area contributed by atoms with E-state index in [0.29, 0.717) is 6.42 Å². The van der Waals surface area contributed by atoms with Gasteiger partial charge in [-0.2, -0.15) is 5.26 Å². The number of carboxylic acid groups (broad SMARTS) is 1. The van der Waals surface area contributed by atoms with Gasteiger partial charge in [0.25, 0.3) is 11.6 Å². The molecule has 0 radical (unpaired) electrons. The Morgan fingerprint density at radius 1 is 1.39 bits per heavy atom. The minimum atomic E-state index is -0.939. The third-order valence-electron chi connectivity index (χ3n) is 2.67. The molecule has 0 saturated heterocycles. The third kappa shape index (κ3) is 5.84. The smallest absolute Gasteiger partial charge is 0.303 e. The highest BCUT2D eigenvalue weighted by Crippen LogP contribution is 2.23. The van der Waals surface area contributed by atoms with Crippen LogP contribution in [0, 0.1) is 21.4 Å². The molecule has 0 aliphatic carbocycles. The summed E-state index contributed by atoms with van der Waals surface area (Å²) in [4.78, 5) is 32.5. The van der Waals surface area contributed by atoms with E-state index in [1.807, 2.05) is 0 Å². The second-order valence-electron chi connectivity index (χ2n) is 4.35. The first kappa shape index (κ1) is 17.6.